The van der Waals surface area contributed by atoms with Gasteiger partial charge < -0.3 is 10.6 Å². The molecular formula is C14H13Br2N3O. The van der Waals surface area contributed by atoms with Crippen molar-refractivity contribution in [1.82, 2.24) is 4.98 Å². The van der Waals surface area contributed by atoms with Gasteiger partial charge >= 0.3 is 0 Å². The SMILES string of the molecule is CNc1ncc(Br)cc1C(=O)Nc1cccc(C)c1Br. The molecule has 2 N–H and O–H groups in total. The lowest BCUT2D eigenvalue weighted by Crippen LogP contribution is -2.15. The zero-order valence-corrected chi connectivity index (χ0v) is 14.2. The van der Waals surface area contributed by atoms with Crippen LogP contribution in [0.25, 0.3) is 0 Å². The fraction of sp³-hybridized carbons (Fsp3) is 0.143. The van der Waals surface area contributed by atoms with Crippen LogP contribution in [0, 0.1) is 6.92 Å². The fourth-order valence-corrected chi connectivity index (χ4v) is 2.44. The molecule has 2 rings (SSSR count). The second-order valence-corrected chi connectivity index (χ2v) is 5.90. The van der Waals surface area contributed by atoms with Gasteiger partial charge in [-0.3, -0.25) is 4.79 Å². The van der Waals surface area contributed by atoms with Gasteiger partial charge in [-0.2, -0.15) is 0 Å². The quantitative estimate of drug-likeness (QED) is 0.814. The summed E-state index contributed by atoms with van der Waals surface area (Å²) < 4.78 is 1.63. The van der Waals surface area contributed by atoms with Crippen molar-refractivity contribution in [3.05, 3.63) is 50.5 Å². The lowest BCUT2D eigenvalue weighted by molar-refractivity contribution is 0.102. The average Bonchev–Trinajstić information content (AvgIpc) is 2.43. The Labute approximate surface area is 134 Å². The van der Waals surface area contributed by atoms with Crippen molar-refractivity contribution in [2.75, 3.05) is 17.7 Å². The predicted molar refractivity (Wildman–Crippen MR) is 88.3 cm³/mol. The van der Waals surface area contributed by atoms with Crippen molar-refractivity contribution in [1.29, 1.82) is 0 Å². The normalized spacial score (nSPS) is 10.2. The minimum Gasteiger partial charge on any atom is -0.372 e. The Morgan fingerprint density at radius 1 is 1.30 bits per heavy atom. The maximum Gasteiger partial charge on any atom is 0.259 e. The summed E-state index contributed by atoms with van der Waals surface area (Å²) in [6, 6.07) is 7.45. The summed E-state index contributed by atoms with van der Waals surface area (Å²) in [6.45, 7) is 1.97. The topological polar surface area (TPSA) is 54.0 Å². The van der Waals surface area contributed by atoms with Gasteiger partial charge in [0, 0.05) is 22.2 Å². The smallest absolute Gasteiger partial charge is 0.259 e. The minimum absolute atomic E-state index is 0.213. The molecular weight excluding hydrogens is 386 g/mol. The zero-order valence-electron chi connectivity index (χ0n) is 11.0. The van der Waals surface area contributed by atoms with Crippen molar-refractivity contribution in [3.8, 4) is 0 Å². The first-order chi connectivity index (χ1) is 9.52. The third kappa shape index (κ3) is 3.19. The van der Waals surface area contributed by atoms with Gasteiger partial charge in [-0.1, -0.05) is 12.1 Å². The maximum atomic E-state index is 12.4. The van der Waals surface area contributed by atoms with Gasteiger partial charge in [0.15, 0.2) is 0 Å². The Kier molecular flexibility index (Phi) is 4.77. The maximum absolute atomic E-state index is 12.4. The number of pyridine rings is 1. The van der Waals surface area contributed by atoms with Crippen molar-refractivity contribution in [3.63, 3.8) is 0 Å². The monoisotopic (exact) mass is 397 g/mol. The molecule has 0 unspecified atom stereocenters. The molecule has 0 saturated carbocycles. The van der Waals surface area contributed by atoms with Crippen molar-refractivity contribution < 1.29 is 4.79 Å². The van der Waals surface area contributed by atoms with E-state index in [1.165, 1.54) is 0 Å². The third-order valence-corrected chi connectivity index (χ3v) is 4.26. The highest BCUT2D eigenvalue weighted by Gasteiger charge is 2.14. The molecule has 0 atom stereocenters. The molecule has 0 spiro atoms. The molecule has 0 aliphatic heterocycles. The van der Waals surface area contributed by atoms with E-state index in [1.807, 2.05) is 25.1 Å². The van der Waals surface area contributed by atoms with Gasteiger partial charge in [-0.05, 0) is 56.5 Å². The first-order valence-corrected chi connectivity index (χ1v) is 7.51. The summed E-state index contributed by atoms with van der Waals surface area (Å²) in [5, 5.41) is 5.79. The van der Waals surface area contributed by atoms with Gasteiger partial charge in [0.1, 0.15) is 5.82 Å². The Bertz CT molecular complexity index is 659. The molecule has 104 valence electrons. The number of anilines is 2. The highest BCUT2D eigenvalue weighted by molar-refractivity contribution is 9.11. The molecule has 1 heterocycles. The molecule has 6 heteroatoms. The van der Waals surface area contributed by atoms with Crippen molar-refractivity contribution >= 4 is 49.3 Å². The number of amides is 1. The van der Waals surface area contributed by atoms with E-state index in [2.05, 4.69) is 47.5 Å². The number of aromatic nitrogens is 1. The summed E-state index contributed by atoms with van der Waals surface area (Å²) in [5.41, 5.74) is 2.27. The Hall–Kier alpha value is -1.40. The number of carbonyl (C=O) groups excluding carboxylic acids is 1. The van der Waals surface area contributed by atoms with E-state index < -0.39 is 0 Å². The Morgan fingerprint density at radius 3 is 2.75 bits per heavy atom. The van der Waals surface area contributed by atoms with Crippen LogP contribution in [0.5, 0.6) is 0 Å². The molecule has 20 heavy (non-hydrogen) atoms. The first-order valence-electron chi connectivity index (χ1n) is 5.92. The van der Waals surface area contributed by atoms with Gasteiger partial charge in [0.25, 0.3) is 5.91 Å². The number of halogens is 2. The molecule has 1 amide bonds. The van der Waals surface area contributed by atoms with E-state index in [1.54, 1.807) is 19.3 Å². The summed E-state index contributed by atoms with van der Waals surface area (Å²) in [7, 11) is 1.73. The predicted octanol–water partition coefficient (Wildman–Crippen LogP) is 4.21. The summed E-state index contributed by atoms with van der Waals surface area (Å²) >= 11 is 6.80. The highest BCUT2D eigenvalue weighted by atomic mass is 79.9. The van der Waals surface area contributed by atoms with Crippen LogP contribution in [0.1, 0.15) is 15.9 Å². The number of aryl methyl sites for hydroxylation is 1. The number of carbonyl (C=O) groups is 1. The van der Waals surface area contributed by atoms with Crippen molar-refractivity contribution in [2.24, 2.45) is 0 Å². The first kappa shape index (κ1) is 15.0. The lowest BCUT2D eigenvalue weighted by Gasteiger charge is -2.11. The molecule has 1 aromatic heterocycles. The van der Waals surface area contributed by atoms with E-state index in [4.69, 9.17) is 0 Å². The number of rotatable bonds is 3. The summed E-state index contributed by atoms with van der Waals surface area (Å²) in [5.74, 6) is 0.323. The van der Waals surface area contributed by atoms with Crippen molar-refractivity contribution in [2.45, 2.75) is 6.92 Å². The van der Waals surface area contributed by atoms with Crippen LogP contribution in [0.3, 0.4) is 0 Å². The van der Waals surface area contributed by atoms with Crippen LogP contribution in [0.2, 0.25) is 0 Å². The highest BCUT2D eigenvalue weighted by Crippen LogP contribution is 2.27. The second-order valence-electron chi connectivity index (χ2n) is 4.19. The molecule has 0 aliphatic carbocycles. The van der Waals surface area contributed by atoms with Crippen LogP contribution in [-0.4, -0.2) is 17.9 Å². The standard InChI is InChI=1S/C14H13Br2N3O/c1-8-4-3-5-11(12(8)16)19-14(20)10-6-9(15)7-18-13(10)17-2/h3-7H,1-2H3,(H,17,18)(H,19,20). The van der Waals surface area contributed by atoms with E-state index in [-0.39, 0.29) is 5.91 Å². The molecule has 0 aliphatic rings. The third-order valence-electron chi connectivity index (χ3n) is 2.78. The zero-order chi connectivity index (χ0) is 14.7. The molecule has 0 radical (unpaired) electrons. The lowest BCUT2D eigenvalue weighted by atomic mass is 10.2. The summed E-state index contributed by atoms with van der Waals surface area (Å²) in [4.78, 5) is 16.5. The number of hydrogen-bond acceptors (Lipinski definition) is 3. The Morgan fingerprint density at radius 2 is 2.05 bits per heavy atom. The number of nitrogens with zero attached hydrogens (tertiary/aromatic N) is 1. The minimum atomic E-state index is -0.213. The molecule has 0 fully saturated rings. The van der Waals surface area contributed by atoms with E-state index in [0.717, 1.165) is 20.2 Å². The van der Waals surface area contributed by atoms with E-state index in [0.29, 0.717) is 11.4 Å². The van der Waals surface area contributed by atoms with Crippen LogP contribution in [-0.2, 0) is 0 Å². The largest absolute Gasteiger partial charge is 0.372 e. The molecule has 4 nitrogen and oxygen atoms in total. The number of nitrogens with one attached hydrogen (secondary N) is 2. The van der Waals surface area contributed by atoms with Crippen LogP contribution < -0.4 is 10.6 Å². The van der Waals surface area contributed by atoms with E-state index >= 15 is 0 Å². The van der Waals surface area contributed by atoms with Gasteiger partial charge in [0.2, 0.25) is 0 Å². The van der Waals surface area contributed by atoms with Gasteiger partial charge in [0.05, 0.1) is 11.3 Å². The fourth-order valence-electron chi connectivity index (χ4n) is 1.75. The van der Waals surface area contributed by atoms with Crippen LogP contribution in [0.4, 0.5) is 11.5 Å². The molecule has 0 bridgehead atoms. The van der Waals surface area contributed by atoms with E-state index in [9.17, 15) is 4.79 Å². The molecule has 2 aromatic rings. The Balaban J connectivity index is 2.33. The molecule has 1 aromatic carbocycles. The average molecular weight is 399 g/mol. The second kappa shape index (κ2) is 6.37. The van der Waals surface area contributed by atoms with Crippen LogP contribution in [0.15, 0.2) is 39.4 Å². The number of hydrogen-bond donors (Lipinski definition) is 2. The van der Waals surface area contributed by atoms with Gasteiger partial charge in [-0.25, -0.2) is 4.98 Å². The molecule has 0 saturated heterocycles. The van der Waals surface area contributed by atoms with Crippen LogP contribution >= 0.6 is 31.9 Å². The number of benzene rings is 1. The van der Waals surface area contributed by atoms with Gasteiger partial charge in [-0.15, -0.1) is 0 Å². The summed E-state index contributed by atoms with van der Waals surface area (Å²) in [6.07, 6.45) is 1.64.